The van der Waals surface area contributed by atoms with Crippen LogP contribution in [0.1, 0.15) is 11.1 Å². The molecule has 24 heavy (non-hydrogen) atoms. The highest BCUT2D eigenvalue weighted by atomic mass is 79.9. The Hall–Kier alpha value is -1.11. The minimum atomic E-state index is 0.158. The molecule has 0 fully saturated rings. The minimum absolute atomic E-state index is 0.158. The van der Waals surface area contributed by atoms with Crippen LogP contribution in [-0.4, -0.2) is 31.3 Å². The maximum absolute atomic E-state index is 8.73. The number of halogens is 2. The van der Waals surface area contributed by atoms with Crippen LogP contribution in [0.15, 0.2) is 46.9 Å². The van der Waals surface area contributed by atoms with Crippen molar-refractivity contribution < 1.29 is 9.84 Å². The second-order valence-corrected chi connectivity index (χ2v) is 6.61. The van der Waals surface area contributed by atoms with Gasteiger partial charge in [0.1, 0.15) is 12.4 Å². The molecule has 0 aliphatic heterocycles. The highest BCUT2D eigenvalue weighted by Gasteiger charge is 2.06. The molecule has 0 spiro atoms. The molecule has 6 heteroatoms. The quantitative estimate of drug-likeness (QED) is 0.523. The van der Waals surface area contributed by atoms with Crippen molar-refractivity contribution in [3.63, 3.8) is 0 Å². The average molecular weight is 414 g/mol. The number of hydrogen-bond acceptors (Lipinski definition) is 4. The van der Waals surface area contributed by atoms with Gasteiger partial charge in [0, 0.05) is 46.8 Å². The maximum atomic E-state index is 8.73. The van der Waals surface area contributed by atoms with E-state index in [4.69, 9.17) is 21.4 Å². The number of aliphatic hydroxyl groups excluding tert-OH is 1. The summed E-state index contributed by atoms with van der Waals surface area (Å²) in [4.78, 5) is 0. The van der Waals surface area contributed by atoms with Gasteiger partial charge in [-0.3, -0.25) is 0 Å². The SMILES string of the molecule is OCCNCCNCc1cc(Br)ccc1OCc1ccccc1Cl. The van der Waals surface area contributed by atoms with E-state index in [9.17, 15) is 0 Å². The number of aliphatic hydroxyl groups is 1. The number of rotatable bonds is 10. The fraction of sp³-hybridized carbons (Fsp3) is 0.333. The molecule has 0 saturated heterocycles. The molecule has 0 saturated carbocycles. The molecule has 3 N–H and O–H groups in total. The molecule has 0 aliphatic rings. The molecule has 0 unspecified atom stereocenters. The van der Waals surface area contributed by atoms with Gasteiger partial charge < -0.3 is 20.5 Å². The van der Waals surface area contributed by atoms with Gasteiger partial charge in [0.15, 0.2) is 0 Å². The van der Waals surface area contributed by atoms with Crippen LogP contribution >= 0.6 is 27.5 Å². The van der Waals surface area contributed by atoms with Crippen LogP contribution in [0, 0.1) is 0 Å². The third kappa shape index (κ3) is 6.42. The van der Waals surface area contributed by atoms with E-state index in [0.29, 0.717) is 24.7 Å². The first-order chi connectivity index (χ1) is 11.7. The molecule has 0 heterocycles. The van der Waals surface area contributed by atoms with Gasteiger partial charge in [0.25, 0.3) is 0 Å². The number of benzene rings is 2. The molecule has 0 amide bonds. The lowest BCUT2D eigenvalue weighted by Crippen LogP contribution is -2.28. The van der Waals surface area contributed by atoms with Gasteiger partial charge >= 0.3 is 0 Å². The van der Waals surface area contributed by atoms with Gasteiger partial charge in [0.2, 0.25) is 0 Å². The van der Waals surface area contributed by atoms with Crippen molar-refractivity contribution in [3.8, 4) is 5.75 Å². The van der Waals surface area contributed by atoms with Crippen LogP contribution in [0.3, 0.4) is 0 Å². The fourth-order valence-corrected chi connectivity index (χ4v) is 2.80. The van der Waals surface area contributed by atoms with Crippen molar-refractivity contribution in [3.05, 3.63) is 63.1 Å². The second kappa shape index (κ2) is 10.7. The number of nitrogens with one attached hydrogen (secondary N) is 2. The Morgan fingerprint density at radius 3 is 2.58 bits per heavy atom. The summed E-state index contributed by atoms with van der Waals surface area (Å²) in [6, 6.07) is 13.7. The van der Waals surface area contributed by atoms with Crippen LogP contribution in [-0.2, 0) is 13.2 Å². The summed E-state index contributed by atoms with van der Waals surface area (Å²) in [5.74, 6) is 0.842. The number of ether oxygens (including phenoxy) is 1. The number of hydrogen-bond donors (Lipinski definition) is 3. The van der Waals surface area contributed by atoms with E-state index in [2.05, 4.69) is 32.6 Å². The summed E-state index contributed by atoms with van der Waals surface area (Å²) in [5.41, 5.74) is 2.05. The summed E-state index contributed by atoms with van der Waals surface area (Å²) in [6.45, 7) is 3.54. The van der Waals surface area contributed by atoms with E-state index in [1.807, 2.05) is 36.4 Å². The van der Waals surface area contributed by atoms with E-state index >= 15 is 0 Å². The van der Waals surface area contributed by atoms with Crippen LogP contribution < -0.4 is 15.4 Å². The van der Waals surface area contributed by atoms with Gasteiger partial charge in [-0.15, -0.1) is 0 Å². The first-order valence-corrected chi connectivity index (χ1v) is 9.04. The van der Waals surface area contributed by atoms with Gasteiger partial charge in [-0.1, -0.05) is 45.7 Å². The van der Waals surface area contributed by atoms with Crippen molar-refractivity contribution >= 4 is 27.5 Å². The lowest BCUT2D eigenvalue weighted by molar-refractivity contribution is 0.292. The van der Waals surface area contributed by atoms with E-state index in [-0.39, 0.29) is 6.61 Å². The predicted octanol–water partition coefficient (Wildman–Crippen LogP) is 3.35. The summed E-state index contributed by atoms with van der Waals surface area (Å²) in [7, 11) is 0. The van der Waals surface area contributed by atoms with Crippen molar-refractivity contribution in [2.24, 2.45) is 0 Å². The minimum Gasteiger partial charge on any atom is -0.489 e. The Bertz CT molecular complexity index is 640. The second-order valence-electron chi connectivity index (χ2n) is 5.28. The standard InChI is InChI=1S/C18H22BrClN2O2/c19-16-5-6-18(24-13-14-3-1-2-4-17(14)20)15(11-16)12-22-8-7-21-9-10-23/h1-6,11,21-23H,7-10,12-13H2. The molecule has 0 bridgehead atoms. The molecular formula is C18H22BrClN2O2. The molecule has 0 aliphatic carbocycles. The van der Waals surface area contributed by atoms with Crippen molar-refractivity contribution in [1.82, 2.24) is 10.6 Å². The summed E-state index contributed by atoms with van der Waals surface area (Å²) >= 11 is 9.68. The van der Waals surface area contributed by atoms with Gasteiger partial charge in [0.05, 0.1) is 6.61 Å². The monoisotopic (exact) mass is 412 g/mol. The largest absolute Gasteiger partial charge is 0.489 e. The summed E-state index contributed by atoms with van der Waals surface area (Å²) < 4.78 is 6.98. The maximum Gasteiger partial charge on any atom is 0.124 e. The van der Waals surface area contributed by atoms with Crippen LogP contribution in [0.25, 0.3) is 0 Å². The first kappa shape index (κ1) is 19.2. The molecule has 2 rings (SSSR count). The van der Waals surface area contributed by atoms with Crippen LogP contribution in [0.5, 0.6) is 5.75 Å². The Labute approximate surface area is 156 Å². The normalized spacial score (nSPS) is 10.8. The summed E-state index contributed by atoms with van der Waals surface area (Å²) in [5, 5.41) is 15.9. The molecule has 0 atom stereocenters. The molecule has 2 aromatic rings. The van der Waals surface area contributed by atoms with E-state index in [1.54, 1.807) is 0 Å². The molecule has 0 aromatic heterocycles. The topological polar surface area (TPSA) is 53.5 Å². The zero-order valence-electron chi connectivity index (χ0n) is 13.4. The Morgan fingerprint density at radius 2 is 1.79 bits per heavy atom. The Morgan fingerprint density at radius 1 is 1.00 bits per heavy atom. The average Bonchev–Trinajstić information content (AvgIpc) is 2.58. The fourth-order valence-electron chi connectivity index (χ4n) is 2.20. The first-order valence-electron chi connectivity index (χ1n) is 7.87. The van der Waals surface area contributed by atoms with Crippen LogP contribution in [0.2, 0.25) is 5.02 Å². The lowest BCUT2D eigenvalue weighted by Gasteiger charge is -2.14. The zero-order chi connectivity index (χ0) is 17.2. The van der Waals surface area contributed by atoms with Crippen molar-refractivity contribution in [2.45, 2.75) is 13.2 Å². The molecular weight excluding hydrogens is 392 g/mol. The van der Waals surface area contributed by atoms with Crippen LogP contribution in [0.4, 0.5) is 0 Å². The van der Waals surface area contributed by atoms with E-state index < -0.39 is 0 Å². The smallest absolute Gasteiger partial charge is 0.124 e. The highest BCUT2D eigenvalue weighted by molar-refractivity contribution is 9.10. The Balaban J connectivity index is 1.91. The van der Waals surface area contributed by atoms with E-state index in [0.717, 1.165) is 34.4 Å². The molecule has 0 radical (unpaired) electrons. The molecule has 2 aromatic carbocycles. The molecule has 4 nitrogen and oxygen atoms in total. The third-order valence-corrected chi connectivity index (χ3v) is 4.31. The lowest BCUT2D eigenvalue weighted by atomic mass is 10.2. The zero-order valence-corrected chi connectivity index (χ0v) is 15.7. The molecule has 130 valence electrons. The summed E-state index contributed by atoms with van der Waals surface area (Å²) in [6.07, 6.45) is 0. The van der Waals surface area contributed by atoms with Crippen molar-refractivity contribution in [1.29, 1.82) is 0 Å². The highest BCUT2D eigenvalue weighted by Crippen LogP contribution is 2.25. The Kier molecular flexibility index (Phi) is 8.56. The van der Waals surface area contributed by atoms with Gasteiger partial charge in [-0.05, 0) is 24.3 Å². The van der Waals surface area contributed by atoms with Gasteiger partial charge in [-0.2, -0.15) is 0 Å². The third-order valence-electron chi connectivity index (χ3n) is 3.45. The van der Waals surface area contributed by atoms with E-state index in [1.165, 1.54) is 0 Å². The van der Waals surface area contributed by atoms with Gasteiger partial charge in [-0.25, -0.2) is 0 Å². The predicted molar refractivity (Wildman–Crippen MR) is 102 cm³/mol. The van der Waals surface area contributed by atoms with Crippen molar-refractivity contribution in [2.75, 3.05) is 26.2 Å².